The summed E-state index contributed by atoms with van der Waals surface area (Å²) in [6.45, 7) is 2.26. The smallest absolute Gasteiger partial charge is 0.220 e. The summed E-state index contributed by atoms with van der Waals surface area (Å²) in [6, 6.07) is 10.8. The first kappa shape index (κ1) is 15.1. The summed E-state index contributed by atoms with van der Waals surface area (Å²) in [7, 11) is 0. The lowest BCUT2D eigenvalue weighted by Gasteiger charge is -2.32. The topological polar surface area (TPSA) is 56.1 Å². The average molecular weight is 297 g/mol. The molecular weight excluding hydrogens is 274 g/mol. The van der Waals surface area contributed by atoms with E-state index in [4.69, 9.17) is 5.26 Å². The van der Waals surface area contributed by atoms with Crippen molar-refractivity contribution >= 4 is 5.91 Å². The van der Waals surface area contributed by atoms with Crippen molar-refractivity contribution in [2.75, 3.05) is 13.1 Å². The number of carbonyl (C=O) groups excluding carboxylic acids is 1. The number of hydrogen-bond donors (Lipinski definition) is 1. The molecule has 0 unspecified atom stereocenters. The van der Waals surface area contributed by atoms with Gasteiger partial charge in [0.2, 0.25) is 5.91 Å². The standard InChI is InChI=1S/C18H23N3O/c19-13-15-3-1-14(2-4-15)5-8-18(22)20-16-9-11-21(12-10-16)17-6-7-17/h1-4,16-17H,5-12H2,(H,20,22). The van der Waals surface area contributed by atoms with E-state index in [1.807, 2.05) is 12.1 Å². The van der Waals surface area contributed by atoms with Gasteiger partial charge in [-0.05, 0) is 49.8 Å². The van der Waals surface area contributed by atoms with Crippen molar-refractivity contribution < 1.29 is 4.79 Å². The Morgan fingerprint density at radius 2 is 1.86 bits per heavy atom. The number of nitrogens with zero attached hydrogens (tertiary/aromatic N) is 2. The van der Waals surface area contributed by atoms with Gasteiger partial charge in [-0.3, -0.25) is 4.79 Å². The molecule has 1 amide bonds. The minimum Gasteiger partial charge on any atom is -0.353 e. The zero-order valence-electron chi connectivity index (χ0n) is 12.9. The quantitative estimate of drug-likeness (QED) is 0.907. The fourth-order valence-electron chi connectivity index (χ4n) is 3.15. The zero-order chi connectivity index (χ0) is 15.4. The van der Waals surface area contributed by atoms with E-state index in [0.29, 0.717) is 18.0 Å². The molecule has 2 aliphatic rings. The maximum atomic E-state index is 12.1. The summed E-state index contributed by atoms with van der Waals surface area (Å²) in [5.74, 6) is 0.147. The van der Waals surface area contributed by atoms with Crippen LogP contribution in [0.25, 0.3) is 0 Å². The number of hydrogen-bond acceptors (Lipinski definition) is 3. The van der Waals surface area contributed by atoms with Crippen LogP contribution >= 0.6 is 0 Å². The lowest BCUT2D eigenvalue weighted by molar-refractivity contribution is -0.122. The van der Waals surface area contributed by atoms with E-state index in [1.54, 1.807) is 12.1 Å². The number of nitriles is 1. The number of aryl methyl sites for hydroxylation is 1. The van der Waals surface area contributed by atoms with Gasteiger partial charge in [-0.15, -0.1) is 0 Å². The SMILES string of the molecule is N#Cc1ccc(CCC(=O)NC2CCN(C3CC3)CC2)cc1. The summed E-state index contributed by atoms with van der Waals surface area (Å²) >= 11 is 0. The largest absolute Gasteiger partial charge is 0.353 e. The predicted molar refractivity (Wildman–Crippen MR) is 85.2 cm³/mol. The molecule has 0 atom stereocenters. The van der Waals surface area contributed by atoms with Crippen LogP contribution in [0.5, 0.6) is 0 Å². The van der Waals surface area contributed by atoms with Gasteiger partial charge >= 0.3 is 0 Å². The van der Waals surface area contributed by atoms with E-state index in [-0.39, 0.29) is 5.91 Å². The van der Waals surface area contributed by atoms with Crippen LogP contribution in [0.1, 0.15) is 43.2 Å². The summed E-state index contributed by atoms with van der Waals surface area (Å²) in [5.41, 5.74) is 1.77. The zero-order valence-corrected chi connectivity index (χ0v) is 12.9. The molecule has 1 aromatic carbocycles. The molecule has 0 radical (unpaired) electrons. The van der Waals surface area contributed by atoms with E-state index in [9.17, 15) is 4.79 Å². The summed E-state index contributed by atoms with van der Waals surface area (Å²) in [4.78, 5) is 14.6. The van der Waals surface area contributed by atoms with Gasteiger partial charge in [-0.25, -0.2) is 0 Å². The number of rotatable bonds is 5. The second-order valence-electron chi connectivity index (χ2n) is 6.42. The molecule has 1 saturated carbocycles. The Morgan fingerprint density at radius 1 is 1.18 bits per heavy atom. The van der Waals surface area contributed by atoms with Crippen LogP contribution in [0.15, 0.2) is 24.3 Å². The summed E-state index contributed by atoms with van der Waals surface area (Å²) in [5, 5.41) is 11.9. The molecule has 1 aliphatic carbocycles. The minimum absolute atomic E-state index is 0.147. The minimum atomic E-state index is 0.147. The van der Waals surface area contributed by atoms with E-state index in [1.165, 1.54) is 12.8 Å². The van der Waals surface area contributed by atoms with E-state index >= 15 is 0 Å². The molecule has 22 heavy (non-hydrogen) atoms. The molecule has 1 heterocycles. The van der Waals surface area contributed by atoms with Gasteiger partial charge in [-0.2, -0.15) is 5.26 Å². The molecule has 1 aromatic rings. The fourth-order valence-corrected chi connectivity index (χ4v) is 3.15. The Bertz CT molecular complexity index is 549. The molecule has 1 saturated heterocycles. The highest BCUT2D eigenvalue weighted by Crippen LogP contribution is 2.29. The highest BCUT2D eigenvalue weighted by Gasteiger charge is 2.31. The number of amides is 1. The highest BCUT2D eigenvalue weighted by atomic mass is 16.1. The van der Waals surface area contributed by atoms with Crippen molar-refractivity contribution in [3.8, 4) is 6.07 Å². The number of likely N-dealkylation sites (tertiary alicyclic amines) is 1. The summed E-state index contributed by atoms with van der Waals surface area (Å²) in [6.07, 6.45) is 6.15. The normalized spacial score (nSPS) is 19.6. The van der Waals surface area contributed by atoms with Crippen LogP contribution in [-0.4, -0.2) is 36.0 Å². The lowest BCUT2D eigenvalue weighted by atomic mass is 10.0. The molecule has 0 bridgehead atoms. The van der Waals surface area contributed by atoms with Crippen molar-refractivity contribution in [2.45, 2.75) is 50.6 Å². The van der Waals surface area contributed by atoms with E-state index in [2.05, 4.69) is 16.3 Å². The first-order valence-corrected chi connectivity index (χ1v) is 8.27. The van der Waals surface area contributed by atoms with E-state index < -0.39 is 0 Å². The van der Waals surface area contributed by atoms with Crippen LogP contribution in [0.4, 0.5) is 0 Å². The van der Waals surface area contributed by atoms with Crippen LogP contribution in [0.3, 0.4) is 0 Å². The Labute approximate surface area is 132 Å². The number of carbonyl (C=O) groups is 1. The molecule has 0 aromatic heterocycles. The van der Waals surface area contributed by atoms with Crippen LogP contribution < -0.4 is 5.32 Å². The number of benzene rings is 1. The molecule has 116 valence electrons. The van der Waals surface area contributed by atoms with Gasteiger partial charge in [-0.1, -0.05) is 12.1 Å². The van der Waals surface area contributed by atoms with Crippen molar-refractivity contribution in [1.82, 2.24) is 10.2 Å². The molecule has 0 spiro atoms. The summed E-state index contributed by atoms with van der Waals surface area (Å²) < 4.78 is 0. The van der Waals surface area contributed by atoms with Crippen LogP contribution in [0.2, 0.25) is 0 Å². The average Bonchev–Trinajstić information content (AvgIpc) is 3.39. The highest BCUT2D eigenvalue weighted by molar-refractivity contribution is 5.76. The molecule has 4 heteroatoms. The molecule has 2 fully saturated rings. The molecule has 4 nitrogen and oxygen atoms in total. The second kappa shape index (κ2) is 6.93. The van der Waals surface area contributed by atoms with E-state index in [0.717, 1.165) is 44.0 Å². The fraction of sp³-hybridized carbons (Fsp3) is 0.556. The van der Waals surface area contributed by atoms with Gasteiger partial charge in [0.15, 0.2) is 0 Å². The predicted octanol–water partition coefficient (Wildman–Crippen LogP) is 2.23. The monoisotopic (exact) mass is 297 g/mol. The Morgan fingerprint density at radius 3 is 2.45 bits per heavy atom. The molecular formula is C18H23N3O. The van der Waals surface area contributed by atoms with Crippen LogP contribution in [0, 0.1) is 11.3 Å². The number of piperidine rings is 1. The van der Waals surface area contributed by atoms with Gasteiger partial charge in [0.1, 0.15) is 0 Å². The third kappa shape index (κ3) is 4.08. The van der Waals surface area contributed by atoms with Crippen molar-refractivity contribution in [1.29, 1.82) is 5.26 Å². The molecule has 1 N–H and O–H groups in total. The Kier molecular flexibility index (Phi) is 4.74. The van der Waals surface area contributed by atoms with Gasteiger partial charge in [0, 0.05) is 31.6 Å². The maximum Gasteiger partial charge on any atom is 0.220 e. The Balaban J connectivity index is 1.38. The maximum absolute atomic E-state index is 12.1. The first-order chi connectivity index (χ1) is 10.7. The number of nitrogens with one attached hydrogen (secondary N) is 1. The van der Waals surface area contributed by atoms with Crippen LogP contribution in [-0.2, 0) is 11.2 Å². The molecule has 1 aliphatic heterocycles. The van der Waals surface area contributed by atoms with Crippen molar-refractivity contribution in [2.24, 2.45) is 0 Å². The molecule has 3 rings (SSSR count). The van der Waals surface area contributed by atoms with Gasteiger partial charge in [0.05, 0.1) is 11.6 Å². The van der Waals surface area contributed by atoms with Crippen molar-refractivity contribution in [3.05, 3.63) is 35.4 Å². The first-order valence-electron chi connectivity index (χ1n) is 8.27. The van der Waals surface area contributed by atoms with Gasteiger partial charge in [0.25, 0.3) is 0 Å². The Hall–Kier alpha value is -1.86. The van der Waals surface area contributed by atoms with Crippen molar-refractivity contribution in [3.63, 3.8) is 0 Å². The second-order valence-corrected chi connectivity index (χ2v) is 6.42. The lowest BCUT2D eigenvalue weighted by Crippen LogP contribution is -2.45. The van der Waals surface area contributed by atoms with Gasteiger partial charge < -0.3 is 10.2 Å². The third-order valence-corrected chi connectivity index (χ3v) is 4.68. The third-order valence-electron chi connectivity index (χ3n) is 4.68.